The van der Waals surface area contributed by atoms with Gasteiger partial charge in [-0.15, -0.1) is 0 Å². The Labute approximate surface area is 101 Å². The molecule has 1 heterocycles. The number of benzene rings is 1. The predicted molar refractivity (Wildman–Crippen MR) is 64.9 cm³/mol. The maximum Gasteiger partial charge on any atom is 0.211 e. The van der Waals surface area contributed by atoms with Gasteiger partial charge in [-0.2, -0.15) is 4.57 Å². The Hall–Kier alpha value is -1.87. The largest absolute Gasteiger partial charge is 0.491 e. The second-order valence-electron chi connectivity index (χ2n) is 3.80. The van der Waals surface area contributed by atoms with Gasteiger partial charge in [0.15, 0.2) is 11.9 Å². The number of aliphatic hydroxyl groups excluding tert-OH is 1. The molecule has 1 aromatic carbocycles. The molecule has 17 heavy (non-hydrogen) atoms. The smallest absolute Gasteiger partial charge is 0.211 e. The normalized spacial score (nSPS) is 12.1. The standard InChI is InChI=1S/C14H16NO2/c1-17-13-8-5-9-15(10-13)14(11-16)12-6-3-2-4-7-12/h2-10,14,16H,11H2,1H3/q+1. The second-order valence-corrected chi connectivity index (χ2v) is 3.80. The topological polar surface area (TPSA) is 33.3 Å². The third-order valence-corrected chi connectivity index (χ3v) is 2.75. The molecule has 3 heteroatoms. The molecule has 0 saturated carbocycles. The van der Waals surface area contributed by atoms with Gasteiger partial charge in [0.1, 0.15) is 6.61 Å². The summed E-state index contributed by atoms with van der Waals surface area (Å²) in [5.41, 5.74) is 1.08. The highest BCUT2D eigenvalue weighted by Gasteiger charge is 2.19. The average Bonchev–Trinajstić information content (AvgIpc) is 2.41. The molecule has 1 unspecified atom stereocenters. The molecule has 0 fully saturated rings. The monoisotopic (exact) mass is 230 g/mol. The Kier molecular flexibility index (Phi) is 3.73. The van der Waals surface area contributed by atoms with Crippen molar-refractivity contribution in [2.75, 3.05) is 13.7 Å². The van der Waals surface area contributed by atoms with Crippen LogP contribution in [-0.2, 0) is 0 Å². The Morgan fingerprint density at radius 2 is 1.94 bits per heavy atom. The van der Waals surface area contributed by atoms with E-state index in [4.69, 9.17) is 4.74 Å². The van der Waals surface area contributed by atoms with Crippen molar-refractivity contribution in [1.82, 2.24) is 0 Å². The second kappa shape index (κ2) is 5.46. The van der Waals surface area contributed by atoms with Crippen molar-refractivity contribution >= 4 is 0 Å². The van der Waals surface area contributed by atoms with Crippen molar-refractivity contribution in [3.63, 3.8) is 0 Å². The summed E-state index contributed by atoms with van der Waals surface area (Å²) in [6.07, 6.45) is 3.81. The van der Waals surface area contributed by atoms with Crippen LogP contribution < -0.4 is 9.30 Å². The van der Waals surface area contributed by atoms with Crippen molar-refractivity contribution in [2.24, 2.45) is 0 Å². The number of aliphatic hydroxyl groups is 1. The molecule has 2 rings (SSSR count). The molecule has 0 spiro atoms. The van der Waals surface area contributed by atoms with Gasteiger partial charge >= 0.3 is 0 Å². The lowest BCUT2D eigenvalue weighted by Crippen LogP contribution is -2.41. The molecule has 1 aromatic heterocycles. The van der Waals surface area contributed by atoms with E-state index in [1.807, 2.05) is 59.4 Å². The van der Waals surface area contributed by atoms with E-state index in [0.29, 0.717) is 0 Å². The molecule has 3 nitrogen and oxygen atoms in total. The fourth-order valence-electron chi connectivity index (χ4n) is 1.83. The van der Waals surface area contributed by atoms with E-state index < -0.39 is 0 Å². The highest BCUT2D eigenvalue weighted by molar-refractivity contribution is 5.18. The van der Waals surface area contributed by atoms with E-state index in [-0.39, 0.29) is 12.6 Å². The lowest BCUT2D eigenvalue weighted by molar-refractivity contribution is -0.715. The highest BCUT2D eigenvalue weighted by Crippen LogP contribution is 2.13. The number of methoxy groups -OCH3 is 1. The first-order chi connectivity index (χ1) is 8.35. The average molecular weight is 230 g/mol. The molecular weight excluding hydrogens is 214 g/mol. The van der Waals surface area contributed by atoms with Gasteiger partial charge in [-0.25, -0.2) is 0 Å². The molecule has 0 aliphatic heterocycles. The summed E-state index contributed by atoms with van der Waals surface area (Å²) in [5, 5.41) is 9.53. The van der Waals surface area contributed by atoms with Crippen LogP contribution in [0.15, 0.2) is 54.9 Å². The lowest BCUT2D eigenvalue weighted by Gasteiger charge is -2.10. The van der Waals surface area contributed by atoms with Crippen LogP contribution in [0.3, 0.4) is 0 Å². The lowest BCUT2D eigenvalue weighted by atomic mass is 10.1. The molecule has 0 amide bonds. The number of pyridine rings is 1. The van der Waals surface area contributed by atoms with Gasteiger partial charge < -0.3 is 9.84 Å². The molecule has 0 aliphatic carbocycles. The maximum absolute atomic E-state index is 9.53. The molecule has 2 aromatic rings. The van der Waals surface area contributed by atoms with E-state index in [1.54, 1.807) is 7.11 Å². The van der Waals surface area contributed by atoms with Crippen LogP contribution in [0.25, 0.3) is 0 Å². The summed E-state index contributed by atoms with van der Waals surface area (Å²) in [7, 11) is 1.64. The molecular formula is C14H16NO2+. The minimum Gasteiger partial charge on any atom is -0.491 e. The number of ether oxygens (including phenoxy) is 1. The van der Waals surface area contributed by atoms with Gasteiger partial charge in [-0.1, -0.05) is 30.3 Å². The van der Waals surface area contributed by atoms with E-state index in [1.165, 1.54) is 0 Å². The van der Waals surface area contributed by atoms with E-state index in [0.717, 1.165) is 11.3 Å². The van der Waals surface area contributed by atoms with Crippen molar-refractivity contribution in [2.45, 2.75) is 6.04 Å². The van der Waals surface area contributed by atoms with E-state index in [2.05, 4.69) is 0 Å². The molecule has 1 N–H and O–H groups in total. The van der Waals surface area contributed by atoms with Gasteiger partial charge in [0.2, 0.25) is 12.2 Å². The molecule has 88 valence electrons. The van der Waals surface area contributed by atoms with Crippen molar-refractivity contribution in [3.05, 3.63) is 60.4 Å². The molecule has 0 radical (unpaired) electrons. The minimum atomic E-state index is -0.0775. The zero-order valence-corrected chi connectivity index (χ0v) is 9.78. The minimum absolute atomic E-state index is 0.0574. The van der Waals surface area contributed by atoms with Crippen LogP contribution in [0.2, 0.25) is 0 Å². The van der Waals surface area contributed by atoms with E-state index >= 15 is 0 Å². The number of nitrogens with zero attached hydrogens (tertiary/aromatic N) is 1. The Morgan fingerprint density at radius 3 is 2.59 bits per heavy atom. The first-order valence-corrected chi connectivity index (χ1v) is 5.55. The summed E-state index contributed by atoms with van der Waals surface area (Å²) in [6, 6.07) is 13.6. The third kappa shape index (κ3) is 2.63. The van der Waals surface area contributed by atoms with Crippen LogP contribution in [0.4, 0.5) is 0 Å². The quantitative estimate of drug-likeness (QED) is 0.809. The Morgan fingerprint density at radius 1 is 1.18 bits per heavy atom. The number of rotatable bonds is 4. The van der Waals surface area contributed by atoms with Gasteiger partial charge in [0.25, 0.3) is 0 Å². The van der Waals surface area contributed by atoms with Gasteiger partial charge in [-0.05, 0) is 6.07 Å². The number of aromatic nitrogens is 1. The first-order valence-electron chi connectivity index (χ1n) is 5.55. The van der Waals surface area contributed by atoms with Crippen molar-refractivity contribution in [3.8, 4) is 5.75 Å². The third-order valence-electron chi connectivity index (χ3n) is 2.75. The van der Waals surface area contributed by atoms with Crippen LogP contribution in [0.5, 0.6) is 5.75 Å². The fraction of sp³-hybridized carbons (Fsp3) is 0.214. The molecule has 0 saturated heterocycles. The van der Waals surface area contributed by atoms with Crippen molar-refractivity contribution < 1.29 is 14.4 Å². The van der Waals surface area contributed by atoms with Crippen LogP contribution >= 0.6 is 0 Å². The fourth-order valence-corrected chi connectivity index (χ4v) is 1.83. The first kappa shape index (κ1) is 11.6. The SMILES string of the molecule is COc1ccc[n+](C(CO)c2ccccc2)c1. The zero-order valence-electron chi connectivity index (χ0n) is 9.78. The van der Waals surface area contributed by atoms with Gasteiger partial charge in [0.05, 0.1) is 7.11 Å². The number of hydrogen-bond donors (Lipinski definition) is 1. The van der Waals surface area contributed by atoms with Crippen molar-refractivity contribution in [1.29, 1.82) is 0 Å². The van der Waals surface area contributed by atoms with Crippen LogP contribution in [-0.4, -0.2) is 18.8 Å². The molecule has 0 bridgehead atoms. The van der Waals surface area contributed by atoms with E-state index in [9.17, 15) is 5.11 Å². The van der Waals surface area contributed by atoms with Crippen LogP contribution in [0, 0.1) is 0 Å². The van der Waals surface area contributed by atoms with Gasteiger partial charge in [-0.3, -0.25) is 0 Å². The van der Waals surface area contributed by atoms with Crippen LogP contribution in [0.1, 0.15) is 11.6 Å². The number of hydrogen-bond acceptors (Lipinski definition) is 2. The maximum atomic E-state index is 9.53. The Balaban J connectivity index is 2.35. The summed E-state index contributed by atoms with van der Waals surface area (Å²) in [4.78, 5) is 0. The van der Waals surface area contributed by atoms with Gasteiger partial charge in [0, 0.05) is 11.6 Å². The summed E-state index contributed by atoms with van der Waals surface area (Å²) < 4.78 is 7.14. The molecule has 1 atom stereocenters. The Bertz CT molecular complexity index is 471. The predicted octanol–water partition coefficient (Wildman–Crippen LogP) is 1.56. The summed E-state index contributed by atoms with van der Waals surface area (Å²) in [5.74, 6) is 0.780. The molecule has 0 aliphatic rings. The zero-order chi connectivity index (χ0) is 12.1. The summed E-state index contributed by atoms with van der Waals surface area (Å²) in [6.45, 7) is 0.0574. The summed E-state index contributed by atoms with van der Waals surface area (Å²) >= 11 is 0. The highest BCUT2D eigenvalue weighted by atomic mass is 16.5.